The quantitative estimate of drug-likeness (QED) is 0.333. The minimum Gasteiger partial charge on any atom is -0.291 e. The molecule has 184 valence electrons. The van der Waals surface area contributed by atoms with Crippen LogP contribution in [0.25, 0.3) is 0 Å². The van der Waals surface area contributed by atoms with Crippen molar-refractivity contribution < 1.29 is 4.79 Å². The second-order valence-corrected chi connectivity index (χ2v) is 12.0. The Balaban J connectivity index is 1.56. The number of amides is 1. The van der Waals surface area contributed by atoms with Crippen LogP contribution >= 0.6 is 0 Å². The van der Waals surface area contributed by atoms with E-state index in [-0.39, 0.29) is 5.92 Å². The molecule has 0 bridgehead atoms. The van der Waals surface area contributed by atoms with Crippen LogP contribution in [0.2, 0.25) is 11.6 Å². The minimum absolute atomic E-state index is 0.212. The Morgan fingerprint density at radius 1 is 0.588 bits per heavy atom. The number of nitrogens with zero attached hydrogens (tertiary/aromatic N) is 1. The fourth-order valence-corrected chi connectivity index (χ4v) is 7.69. The molecule has 34 heavy (non-hydrogen) atoms. The van der Waals surface area contributed by atoms with Crippen molar-refractivity contribution in [3.05, 3.63) is 22.3 Å². The summed E-state index contributed by atoms with van der Waals surface area (Å²) < 4.78 is 0. The zero-order valence-electron chi connectivity index (χ0n) is 21.8. The maximum atomic E-state index is 14.6. The molecule has 1 saturated carbocycles. The van der Waals surface area contributed by atoms with Crippen molar-refractivity contribution in [3.63, 3.8) is 0 Å². The Labute approximate surface area is 211 Å². The maximum Gasteiger partial charge on any atom is 0.233 e. The lowest BCUT2D eigenvalue weighted by Crippen LogP contribution is -2.40. The van der Waals surface area contributed by atoms with Gasteiger partial charge in [-0.3, -0.25) is 9.69 Å². The molecule has 4 heteroatoms. The van der Waals surface area contributed by atoms with Crippen LogP contribution in [0, 0.1) is 5.92 Å². The third kappa shape index (κ3) is 5.73. The number of fused-ring (bicyclic) bond motifs is 2. The van der Waals surface area contributed by atoms with E-state index in [0.717, 1.165) is 12.8 Å². The first-order valence-electron chi connectivity index (χ1n) is 15.3. The van der Waals surface area contributed by atoms with Crippen molar-refractivity contribution in [2.75, 3.05) is 0 Å². The van der Waals surface area contributed by atoms with Gasteiger partial charge in [0.05, 0.1) is 0 Å². The average Bonchev–Trinajstić information content (AvgIpc) is 2.90. The summed E-state index contributed by atoms with van der Waals surface area (Å²) in [5.41, 5.74) is 5.95. The van der Waals surface area contributed by atoms with Crippen LogP contribution in [-0.4, -0.2) is 25.4 Å². The summed E-state index contributed by atoms with van der Waals surface area (Å²) in [6.45, 7) is 0. The highest BCUT2D eigenvalue weighted by molar-refractivity contribution is 6.55. The molecule has 5 aliphatic rings. The molecule has 2 nitrogen and oxygen atoms in total. The van der Waals surface area contributed by atoms with Crippen molar-refractivity contribution in [2.45, 2.75) is 153 Å². The maximum absolute atomic E-state index is 14.6. The molecule has 1 saturated heterocycles. The molecule has 3 aliphatic carbocycles. The van der Waals surface area contributed by atoms with E-state index in [1.807, 2.05) is 0 Å². The van der Waals surface area contributed by atoms with Gasteiger partial charge < -0.3 is 0 Å². The lowest BCUT2D eigenvalue weighted by Gasteiger charge is -2.40. The lowest BCUT2D eigenvalue weighted by atomic mass is 9.46. The second-order valence-electron chi connectivity index (χ2n) is 12.0. The first-order chi connectivity index (χ1) is 16.8. The molecular weight excluding hydrogens is 412 g/mol. The van der Waals surface area contributed by atoms with Gasteiger partial charge in [-0.15, -0.1) is 0 Å². The molecule has 2 heterocycles. The Hall–Kier alpha value is -0.920. The summed E-state index contributed by atoms with van der Waals surface area (Å²) in [7, 11) is 5.33. The van der Waals surface area contributed by atoms with E-state index in [1.54, 1.807) is 5.47 Å². The fourth-order valence-electron chi connectivity index (χ4n) is 7.69. The first-order valence-corrected chi connectivity index (χ1v) is 15.3. The number of hydrogen-bond donors (Lipinski definition) is 0. The molecule has 2 fully saturated rings. The van der Waals surface area contributed by atoms with Gasteiger partial charge in [-0.25, -0.2) is 0 Å². The number of allylic oxidation sites excluding steroid dienone is 4. The summed E-state index contributed by atoms with van der Waals surface area (Å²) in [4.78, 5) is 17.0. The molecule has 5 rings (SSSR count). The summed E-state index contributed by atoms with van der Waals surface area (Å²) in [5.74, 6) is 1.67. The van der Waals surface area contributed by atoms with Crippen molar-refractivity contribution in [1.82, 2.24) is 4.90 Å². The van der Waals surface area contributed by atoms with Crippen LogP contribution in [0.15, 0.2) is 22.3 Å². The lowest BCUT2D eigenvalue weighted by molar-refractivity contribution is -0.132. The van der Waals surface area contributed by atoms with Gasteiger partial charge in [-0.2, -0.15) is 0 Å². The first kappa shape index (κ1) is 24.8. The van der Waals surface area contributed by atoms with E-state index < -0.39 is 0 Å². The van der Waals surface area contributed by atoms with Crippen LogP contribution in [-0.2, 0) is 4.79 Å². The highest BCUT2D eigenvalue weighted by atomic mass is 16.2. The fraction of sp³-hybridized carbons (Fsp3) is 0.833. The minimum atomic E-state index is 0.212. The van der Waals surface area contributed by atoms with Gasteiger partial charge in [0.1, 0.15) is 7.28 Å². The smallest absolute Gasteiger partial charge is 0.233 e. The van der Waals surface area contributed by atoms with Crippen LogP contribution in [0.5, 0.6) is 0 Å². The van der Waals surface area contributed by atoms with Gasteiger partial charge in [0.15, 0.2) is 7.28 Å². The van der Waals surface area contributed by atoms with E-state index in [9.17, 15) is 4.79 Å². The summed E-state index contributed by atoms with van der Waals surface area (Å²) in [5, 5.41) is 0. The predicted molar refractivity (Wildman–Crippen MR) is 145 cm³/mol. The van der Waals surface area contributed by atoms with Gasteiger partial charge in [0.2, 0.25) is 5.91 Å². The molecule has 3 atom stereocenters. The van der Waals surface area contributed by atoms with Crippen molar-refractivity contribution in [1.29, 1.82) is 0 Å². The van der Waals surface area contributed by atoms with Crippen molar-refractivity contribution >= 4 is 20.5 Å². The van der Waals surface area contributed by atoms with E-state index >= 15 is 0 Å². The number of carbonyl (C=O) groups is 1. The molecule has 0 spiro atoms. The van der Waals surface area contributed by atoms with Crippen molar-refractivity contribution in [2.24, 2.45) is 5.92 Å². The summed E-state index contributed by atoms with van der Waals surface area (Å²) in [6, 6.07) is 0. The van der Waals surface area contributed by atoms with E-state index in [4.69, 9.17) is 0 Å². The highest BCUT2D eigenvalue weighted by Crippen LogP contribution is 2.49. The van der Waals surface area contributed by atoms with Gasteiger partial charge >= 0.3 is 0 Å². The van der Waals surface area contributed by atoms with E-state index in [0.29, 0.717) is 17.5 Å². The Kier molecular flexibility index (Phi) is 9.00. The van der Waals surface area contributed by atoms with Crippen LogP contribution in [0.4, 0.5) is 0 Å². The molecule has 3 unspecified atom stereocenters. The van der Waals surface area contributed by atoms with Gasteiger partial charge in [-0.05, 0) is 37.9 Å². The third-order valence-electron chi connectivity index (χ3n) is 9.57. The van der Waals surface area contributed by atoms with Gasteiger partial charge in [0.25, 0.3) is 0 Å². The Bertz CT molecular complexity index is 772. The van der Waals surface area contributed by atoms with Crippen molar-refractivity contribution in [3.8, 4) is 0 Å². The zero-order chi connectivity index (χ0) is 23.2. The number of carbonyl (C=O) groups excluding carboxylic acids is 1. The monoisotopic (exact) mass is 459 g/mol. The molecule has 0 aromatic carbocycles. The third-order valence-corrected chi connectivity index (χ3v) is 9.57. The van der Waals surface area contributed by atoms with Gasteiger partial charge in [0, 0.05) is 17.3 Å². The molecule has 1 amide bonds. The topological polar surface area (TPSA) is 20.3 Å². The second kappa shape index (κ2) is 12.4. The predicted octanol–water partition coefficient (Wildman–Crippen LogP) is 8.49. The summed E-state index contributed by atoms with van der Waals surface area (Å²) in [6.07, 6.45) is 28.3. The standard InChI is InChI=1S/C30H47B2NO/c34-30-23-17-11-5-1-2-6-12-18-24(23)31-26-20-14-8-3-9-15-21-27-29(26)33(30)28-22-16-10-4-7-13-19-25(28)32-27/h23-24,26H,1-22H2. The Morgan fingerprint density at radius 3 is 1.88 bits per heavy atom. The average molecular weight is 459 g/mol. The van der Waals surface area contributed by atoms with Crippen LogP contribution in [0.3, 0.4) is 0 Å². The number of hydrogen-bond acceptors (Lipinski definition) is 1. The molecule has 0 N–H and O–H groups in total. The summed E-state index contributed by atoms with van der Waals surface area (Å²) >= 11 is 0. The number of rotatable bonds is 0. The van der Waals surface area contributed by atoms with E-state index in [2.05, 4.69) is 19.5 Å². The van der Waals surface area contributed by atoms with E-state index in [1.165, 1.54) is 145 Å². The molecule has 2 aliphatic heterocycles. The zero-order valence-corrected chi connectivity index (χ0v) is 21.8. The SMILES string of the molecule is O=C1C2CCCCCCCCC2[B]C2CCCCCCCC3=C2N1C1=C([B]3)CCCCCCC1. The molecule has 0 aromatic heterocycles. The van der Waals surface area contributed by atoms with Crippen LogP contribution < -0.4 is 0 Å². The molecule has 2 radical (unpaired) electrons. The van der Waals surface area contributed by atoms with Crippen LogP contribution in [0.1, 0.15) is 141 Å². The molecule has 0 aromatic rings. The normalized spacial score (nSPS) is 32.4. The largest absolute Gasteiger partial charge is 0.291 e. The van der Waals surface area contributed by atoms with Gasteiger partial charge in [-0.1, -0.05) is 126 Å². The highest BCUT2D eigenvalue weighted by Gasteiger charge is 2.44. The molecular formula is C30H47B2NO. The Morgan fingerprint density at radius 2 is 1.15 bits per heavy atom.